The smallest absolute Gasteiger partial charge is 0.337 e. The monoisotopic (exact) mass is 264 g/mol. The number of aryl methyl sites for hydroxylation is 2. The number of hydrogen-bond acceptors (Lipinski definition) is 3. The third-order valence-electron chi connectivity index (χ3n) is 2.58. The summed E-state index contributed by atoms with van der Waals surface area (Å²) in [7, 11) is 1.34. The van der Waals surface area contributed by atoms with Gasteiger partial charge in [-0.15, -0.1) is 0 Å². The molecule has 0 N–H and O–H groups in total. The molecule has 0 radical (unpaired) electrons. The molecular weight excluding hydrogens is 252 g/mol. The van der Waals surface area contributed by atoms with Gasteiger partial charge in [-0.2, -0.15) is 0 Å². The van der Waals surface area contributed by atoms with Gasteiger partial charge in [0.25, 0.3) is 0 Å². The van der Waals surface area contributed by atoms with E-state index in [1.807, 2.05) is 24.6 Å². The highest BCUT2D eigenvalue weighted by atomic mass is 35.5. The van der Waals surface area contributed by atoms with Crippen LogP contribution < -0.4 is 0 Å². The largest absolute Gasteiger partial charge is 0.465 e. The minimum atomic E-state index is -0.409. The Hall–Kier alpha value is -1.81. The highest BCUT2D eigenvalue weighted by Gasteiger charge is 2.10. The number of halogens is 1. The quantitative estimate of drug-likeness (QED) is 0.784. The normalized spacial score (nSPS) is 10.4. The lowest BCUT2D eigenvalue weighted by atomic mass is 10.2. The van der Waals surface area contributed by atoms with Crippen molar-refractivity contribution in [1.29, 1.82) is 0 Å². The zero-order valence-corrected chi connectivity index (χ0v) is 11.2. The Bertz CT molecular complexity index is 605. The molecule has 0 aliphatic rings. The van der Waals surface area contributed by atoms with Crippen molar-refractivity contribution in [3.05, 3.63) is 46.5 Å². The molecule has 18 heavy (non-hydrogen) atoms. The second-order valence-electron chi connectivity index (χ2n) is 3.99. The molecule has 1 heterocycles. The lowest BCUT2D eigenvalue weighted by Crippen LogP contribution is -2.03. The molecule has 0 atom stereocenters. The first kappa shape index (κ1) is 12.6. The van der Waals surface area contributed by atoms with Crippen LogP contribution in [-0.2, 0) is 4.74 Å². The van der Waals surface area contributed by atoms with Crippen LogP contribution in [-0.4, -0.2) is 22.6 Å². The average Bonchev–Trinajstić information content (AvgIpc) is 2.66. The summed E-state index contributed by atoms with van der Waals surface area (Å²) in [5.41, 5.74) is 2.12. The van der Waals surface area contributed by atoms with Gasteiger partial charge in [-0.1, -0.05) is 11.6 Å². The van der Waals surface area contributed by atoms with E-state index >= 15 is 0 Å². The Morgan fingerprint density at radius 2 is 2.06 bits per heavy atom. The maximum absolute atomic E-state index is 11.5. The summed E-state index contributed by atoms with van der Waals surface area (Å²) in [6.07, 6.45) is 1.89. The van der Waals surface area contributed by atoms with Crippen LogP contribution in [0.4, 0.5) is 0 Å². The van der Waals surface area contributed by atoms with Crippen molar-refractivity contribution in [3.63, 3.8) is 0 Å². The van der Waals surface area contributed by atoms with E-state index in [4.69, 9.17) is 16.3 Å². The number of hydrogen-bond donors (Lipinski definition) is 0. The zero-order chi connectivity index (χ0) is 13.3. The lowest BCUT2D eigenvalue weighted by Gasteiger charge is -2.08. The number of ether oxygens (including phenoxy) is 1. The van der Waals surface area contributed by atoms with Gasteiger partial charge >= 0.3 is 5.97 Å². The minimum Gasteiger partial charge on any atom is -0.465 e. The topological polar surface area (TPSA) is 44.1 Å². The molecule has 0 spiro atoms. The molecule has 1 aromatic carbocycles. The Morgan fingerprint density at radius 1 is 1.33 bits per heavy atom. The zero-order valence-electron chi connectivity index (χ0n) is 10.4. The molecule has 1 aromatic heterocycles. The van der Waals surface area contributed by atoms with Gasteiger partial charge in [-0.25, -0.2) is 9.78 Å². The Morgan fingerprint density at radius 3 is 2.61 bits per heavy atom. The molecule has 5 heteroatoms. The summed E-state index contributed by atoms with van der Waals surface area (Å²) in [5.74, 6) is 0.429. The number of methoxy groups -OCH3 is 1. The molecule has 0 aliphatic heterocycles. The number of carbonyl (C=O) groups excluding carboxylic acids is 1. The minimum absolute atomic E-state index is 0.409. The number of rotatable bonds is 2. The predicted octanol–water partition coefficient (Wildman–Crippen LogP) is 2.93. The lowest BCUT2D eigenvalue weighted by molar-refractivity contribution is 0.0600. The molecular formula is C13H13ClN2O2. The van der Waals surface area contributed by atoms with Crippen molar-refractivity contribution in [2.45, 2.75) is 13.8 Å². The summed E-state index contributed by atoms with van der Waals surface area (Å²) in [6.45, 7) is 3.81. The van der Waals surface area contributed by atoms with Gasteiger partial charge in [0, 0.05) is 16.9 Å². The van der Waals surface area contributed by atoms with E-state index in [1.54, 1.807) is 18.2 Å². The maximum Gasteiger partial charge on any atom is 0.337 e. The van der Waals surface area contributed by atoms with Crippen molar-refractivity contribution in [2.75, 3.05) is 7.11 Å². The first-order valence-electron chi connectivity index (χ1n) is 5.43. The molecule has 0 saturated heterocycles. The second kappa shape index (κ2) is 4.82. The number of carbonyl (C=O) groups is 1. The van der Waals surface area contributed by atoms with E-state index in [1.165, 1.54) is 7.11 Å². The summed E-state index contributed by atoms with van der Waals surface area (Å²) in [6, 6.07) is 5.09. The van der Waals surface area contributed by atoms with Crippen LogP contribution >= 0.6 is 11.6 Å². The van der Waals surface area contributed by atoms with Crippen molar-refractivity contribution < 1.29 is 9.53 Å². The van der Waals surface area contributed by atoms with Gasteiger partial charge in [0.2, 0.25) is 0 Å². The van der Waals surface area contributed by atoms with Gasteiger partial charge in [0.05, 0.1) is 18.4 Å². The number of nitrogens with zero attached hydrogens (tertiary/aromatic N) is 2. The van der Waals surface area contributed by atoms with E-state index in [9.17, 15) is 4.79 Å². The molecule has 0 amide bonds. The van der Waals surface area contributed by atoms with Crippen LogP contribution in [0.3, 0.4) is 0 Å². The number of benzene rings is 1. The fourth-order valence-corrected chi connectivity index (χ4v) is 2.06. The summed E-state index contributed by atoms with van der Waals surface area (Å²) >= 11 is 6.02. The molecule has 0 unspecified atom stereocenters. The summed E-state index contributed by atoms with van der Waals surface area (Å²) in [4.78, 5) is 15.8. The molecule has 94 valence electrons. The van der Waals surface area contributed by atoms with Crippen molar-refractivity contribution in [3.8, 4) is 5.69 Å². The van der Waals surface area contributed by atoms with Crippen LogP contribution in [0.1, 0.15) is 21.9 Å². The third-order valence-corrected chi connectivity index (χ3v) is 2.80. The average molecular weight is 265 g/mol. The molecule has 0 fully saturated rings. The standard InChI is InChI=1S/C13H13ClN2O2/c1-8-7-16(9(2)15-8)12-5-10(13(17)18-3)4-11(14)6-12/h4-7H,1-3H3. The van der Waals surface area contributed by atoms with E-state index in [-0.39, 0.29) is 0 Å². The van der Waals surface area contributed by atoms with E-state index < -0.39 is 5.97 Å². The van der Waals surface area contributed by atoms with Crippen LogP contribution in [0.2, 0.25) is 5.02 Å². The first-order valence-corrected chi connectivity index (χ1v) is 5.81. The highest BCUT2D eigenvalue weighted by molar-refractivity contribution is 6.31. The van der Waals surface area contributed by atoms with Crippen molar-refractivity contribution in [1.82, 2.24) is 9.55 Å². The molecule has 0 aliphatic carbocycles. The van der Waals surface area contributed by atoms with E-state index in [0.29, 0.717) is 10.6 Å². The van der Waals surface area contributed by atoms with Crippen molar-refractivity contribution in [2.24, 2.45) is 0 Å². The Balaban J connectivity index is 2.55. The summed E-state index contributed by atoms with van der Waals surface area (Å²) < 4.78 is 6.58. The van der Waals surface area contributed by atoms with Gasteiger partial charge in [0.15, 0.2) is 0 Å². The Kier molecular flexibility index (Phi) is 3.39. The summed E-state index contributed by atoms with van der Waals surface area (Å²) in [5, 5.41) is 0.485. The van der Waals surface area contributed by atoms with Gasteiger partial charge in [0.1, 0.15) is 5.82 Å². The fourth-order valence-electron chi connectivity index (χ4n) is 1.83. The van der Waals surface area contributed by atoms with Gasteiger partial charge < -0.3 is 9.30 Å². The van der Waals surface area contributed by atoms with Gasteiger partial charge in [-0.05, 0) is 32.0 Å². The fraction of sp³-hybridized carbons (Fsp3) is 0.231. The van der Waals surface area contributed by atoms with E-state index in [2.05, 4.69) is 4.98 Å². The number of esters is 1. The molecule has 0 bridgehead atoms. The molecule has 2 aromatic rings. The highest BCUT2D eigenvalue weighted by Crippen LogP contribution is 2.20. The predicted molar refractivity (Wildman–Crippen MR) is 69.4 cm³/mol. The molecule has 2 rings (SSSR count). The molecule has 4 nitrogen and oxygen atoms in total. The first-order chi connectivity index (χ1) is 8.51. The second-order valence-corrected chi connectivity index (χ2v) is 4.43. The van der Waals surface area contributed by atoms with Crippen molar-refractivity contribution >= 4 is 17.6 Å². The third kappa shape index (κ3) is 2.38. The number of aromatic nitrogens is 2. The van der Waals surface area contributed by atoms with Crippen LogP contribution in [0.25, 0.3) is 5.69 Å². The SMILES string of the molecule is COC(=O)c1cc(Cl)cc(-n2cc(C)nc2C)c1. The number of imidazole rings is 1. The van der Waals surface area contributed by atoms with Crippen LogP contribution in [0, 0.1) is 13.8 Å². The van der Waals surface area contributed by atoms with E-state index in [0.717, 1.165) is 17.2 Å². The van der Waals surface area contributed by atoms with Gasteiger partial charge in [-0.3, -0.25) is 0 Å². The van der Waals surface area contributed by atoms with Crippen LogP contribution in [0.15, 0.2) is 24.4 Å². The van der Waals surface area contributed by atoms with Crippen LogP contribution in [0.5, 0.6) is 0 Å². The molecule has 0 saturated carbocycles. The Labute approximate surface area is 110 Å². The maximum atomic E-state index is 11.5.